The van der Waals surface area contributed by atoms with Gasteiger partial charge in [-0.15, -0.1) is 0 Å². The van der Waals surface area contributed by atoms with E-state index in [2.05, 4.69) is 23.0 Å². The SMILES string of the molecule is CC1=CC(NC(=O)c2nn(C3CCCCC3)c3c2CC(C(=O)OCc2ccccc2)CC3)C2CCCC1C2. The van der Waals surface area contributed by atoms with E-state index in [-0.39, 0.29) is 30.4 Å². The van der Waals surface area contributed by atoms with E-state index in [0.29, 0.717) is 30.0 Å². The van der Waals surface area contributed by atoms with Crippen LogP contribution < -0.4 is 5.32 Å². The fourth-order valence-electron chi connectivity index (χ4n) is 7.40. The van der Waals surface area contributed by atoms with Crippen molar-refractivity contribution in [3.05, 3.63) is 64.5 Å². The van der Waals surface area contributed by atoms with E-state index in [1.165, 1.54) is 56.2 Å². The number of benzene rings is 1. The average Bonchev–Trinajstić information content (AvgIpc) is 3.35. The summed E-state index contributed by atoms with van der Waals surface area (Å²) in [6.45, 7) is 2.50. The number of nitrogens with one attached hydrogen (secondary N) is 1. The zero-order chi connectivity index (χ0) is 26.1. The normalized spacial score (nSPS) is 27.2. The highest BCUT2D eigenvalue weighted by molar-refractivity contribution is 5.94. The first kappa shape index (κ1) is 25.4. The summed E-state index contributed by atoms with van der Waals surface area (Å²) in [6.07, 6.45) is 15.1. The van der Waals surface area contributed by atoms with Crippen molar-refractivity contribution in [2.45, 2.75) is 103 Å². The predicted molar refractivity (Wildman–Crippen MR) is 147 cm³/mol. The molecule has 38 heavy (non-hydrogen) atoms. The number of rotatable bonds is 6. The van der Waals surface area contributed by atoms with Gasteiger partial charge < -0.3 is 10.1 Å². The Kier molecular flexibility index (Phi) is 7.40. The minimum Gasteiger partial charge on any atom is -0.461 e. The Morgan fingerprint density at radius 1 is 1.03 bits per heavy atom. The lowest BCUT2D eigenvalue weighted by atomic mass is 9.70. The fraction of sp³-hybridized carbons (Fsp3) is 0.594. The number of fused-ring (bicyclic) bond motifs is 3. The molecular weight excluding hydrogens is 474 g/mol. The van der Waals surface area contributed by atoms with E-state index in [9.17, 15) is 9.59 Å². The molecule has 2 aromatic rings. The molecule has 2 fully saturated rings. The van der Waals surface area contributed by atoms with Crippen molar-refractivity contribution >= 4 is 11.9 Å². The Labute approximate surface area is 226 Å². The molecule has 0 radical (unpaired) electrons. The van der Waals surface area contributed by atoms with Gasteiger partial charge in [0.2, 0.25) is 0 Å². The fourth-order valence-corrected chi connectivity index (χ4v) is 7.40. The molecule has 1 heterocycles. The molecule has 1 aromatic carbocycles. The van der Waals surface area contributed by atoms with Gasteiger partial charge in [-0.05, 0) is 75.7 Å². The molecule has 2 saturated carbocycles. The van der Waals surface area contributed by atoms with Crippen LogP contribution in [0.2, 0.25) is 0 Å². The van der Waals surface area contributed by atoms with Crippen molar-refractivity contribution in [3.63, 3.8) is 0 Å². The molecular formula is C32H41N3O3. The molecule has 0 aliphatic heterocycles. The van der Waals surface area contributed by atoms with Gasteiger partial charge in [0.15, 0.2) is 5.69 Å². The highest BCUT2D eigenvalue weighted by Crippen LogP contribution is 2.40. The van der Waals surface area contributed by atoms with Crippen LogP contribution in [0.25, 0.3) is 0 Å². The Morgan fingerprint density at radius 3 is 2.66 bits per heavy atom. The number of hydrogen-bond donors (Lipinski definition) is 1. The number of carbonyl (C=O) groups is 2. The van der Waals surface area contributed by atoms with E-state index >= 15 is 0 Å². The lowest BCUT2D eigenvalue weighted by Crippen LogP contribution is -2.44. The zero-order valence-corrected chi connectivity index (χ0v) is 22.7. The molecule has 6 nitrogen and oxygen atoms in total. The van der Waals surface area contributed by atoms with Crippen molar-refractivity contribution in [1.82, 2.24) is 15.1 Å². The lowest BCUT2D eigenvalue weighted by molar-refractivity contribution is -0.150. The monoisotopic (exact) mass is 515 g/mol. The van der Waals surface area contributed by atoms with Crippen molar-refractivity contribution < 1.29 is 14.3 Å². The molecule has 1 N–H and O–H groups in total. The lowest BCUT2D eigenvalue weighted by Gasteiger charge is -2.39. The van der Waals surface area contributed by atoms with Crippen LogP contribution in [0.3, 0.4) is 0 Å². The van der Waals surface area contributed by atoms with Crippen molar-refractivity contribution in [1.29, 1.82) is 0 Å². The summed E-state index contributed by atoms with van der Waals surface area (Å²) in [5.74, 6) is 0.710. The number of carbonyl (C=O) groups excluding carboxylic acids is 2. The van der Waals surface area contributed by atoms with Gasteiger partial charge in [-0.3, -0.25) is 14.3 Å². The highest BCUT2D eigenvalue weighted by Gasteiger charge is 2.37. The van der Waals surface area contributed by atoms with E-state index in [0.717, 1.165) is 36.8 Å². The molecule has 6 rings (SSSR count). The van der Waals surface area contributed by atoms with Gasteiger partial charge in [-0.2, -0.15) is 5.10 Å². The predicted octanol–water partition coefficient (Wildman–Crippen LogP) is 6.10. The second-order valence-electron chi connectivity index (χ2n) is 12.1. The van der Waals surface area contributed by atoms with Crippen LogP contribution in [0.1, 0.15) is 104 Å². The summed E-state index contributed by atoms with van der Waals surface area (Å²) in [7, 11) is 0. The average molecular weight is 516 g/mol. The number of ether oxygens (including phenoxy) is 1. The maximum Gasteiger partial charge on any atom is 0.309 e. The number of nitrogens with zero attached hydrogens (tertiary/aromatic N) is 2. The smallest absolute Gasteiger partial charge is 0.309 e. The van der Waals surface area contributed by atoms with Gasteiger partial charge in [0.1, 0.15) is 6.61 Å². The van der Waals surface area contributed by atoms with Crippen molar-refractivity contribution in [2.75, 3.05) is 0 Å². The molecule has 1 aromatic heterocycles. The Morgan fingerprint density at radius 2 is 1.84 bits per heavy atom. The summed E-state index contributed by atoms with van der Waals surface area (Å²) < 4.78 is 7.88. The second kappa shape index (κ2) is 11.1. The van der Waals surface area contributed by atoms with Gasteiger partial charge in [0.25, 0.3) is 5.91 Å². The van der Waals surface area contributed by atoms with Crippen LogP contribution in [0, 0.1) is 17.8 Å². The van der Waals surface area contributed by atoms with Crippen LogP contribution in [0.5, 0.6) is 0 Å². The van der Waals surface area contributed by atoms with Crippen molar-refractivity contribution in [3.8, 4) is 0 Å². The molecule has 202 valence electrons. The second-order valence-corrected chi connectivity index (χ2v) is 12.1. The summed E-state index contributed by atoms with van der Waals surface area (Å²) in [4.78, 5) is 26.9. The number of esters is 1. The first-order chi connectivity index (χ1) is 18.6. The Balaban J connectivity index is 1.23. The maximum absolute atomic E-state index is 13.8. The van der Waals surface area contributed by atoms with Crippen LogP contribution in [0.15, 0.2) is 42.0 Å². The van der Waals surface area contributed by atoms with Gasteiger partial charge in [0, 0.05) is 11.3 Å². The largest absolute Gasteiger partial charge is 0.461 e. The Hall–Kier alpha value is -2.89. The number of aromatic nitrogens is 2. The molecule has 4 aliphatic rings. The summed E-state index contributed by atoms with van der Waals surface area (Å²) >= 11 is 0. The summed E-state index contributed by atoms with van der Waals surface area (Å²) in [6, 6.07) is 10.2. The Bertz CT molecular complexity index is 1190. The third kappa shape index (κ3) is 5.19. The third-order valence-corrected chi connectivity index (χ3v) is 9.60. The minimum atomic E-state index is -0.238. The standard InChI is InChI=1S/C32H41N3O3/c1-21-17-28(24-12-8-11-23(21)18-24)33-31(36)30-27-19-25(32(37)38-20-22-9-4-2-5-10-22)15-16-29(27)35(34-30)26-13-6-3-7-14-26/h2,4-5,9-10,17,23-26,28H,3,6-8,11-16,18-20H2,1H3,(H,33,36). The van der Waals surface area contributed by atoms with E-state index in [4.69, 9.17) is 9.84 Å². The van der Waals surface area contributed by atoms with Crippen LogP contribution in [0.4, 0.5) is 0 Å². The van der Waals surface area contributed by atoms with Crippen LogP contribution >= 0.6 is 0 Å². The minimum absolute atomic E-state index is 0.0738. The number of allylic oxidation sites excluding steroid dienone is 1. The topological polar surface area (TPSA) is 73.2 Å². The van der Waals surface area contributed by atoms with Crippen LogP contribution in [-0.2, 0) is 29.0 Å². The number of hydrogen-bond acceptors (Lipinski definition) is 4. The first-order valence-electron chi connectivity index (χ1n) is 14.9. The van der Waals surface area contributed by atoms with Gasteiger partial charge in [-0.1, -0.05) is 67.7 Å². The van der Waals surface area contributed by atoms with E-state index < -0.39 is 0 Å². The summed E-state index contributed by atoms with van der Waals surface area (Å²) in [5.41, 5.74) is 5.09. The van der Waals surface area contributed by atoms with Gasteiger partial charge in [-0.25, -0.2) is 0 Å². The van der Waals surface area contributed by atoms with Gasteiger partial charge in [0.05, 0.1) is 18.0 Å². The molecule has 0 spiro atoms. The molecule has 2 bridgehead atoms. The molecule has 1 amide bonds. The van der Waals surface area contributed by atoms with E-state index in [1.807, 2.05) is 30.3 Å². The molecule has 0 saturated heterocycles. The summed E-state index contributed by atoms with van der Waals surface area (Å²) in [5, 5.41) is 8.37. The zero-order valence-electron chi connectivity index (χ0n) is 22.7. The molecule has 4 atom stereocenters. The van der Waals surface area contributed by atoms with Crippen molar-refractivity contribution in [2.24, 2.45) is 17.8 Å². The third-order valence-electron chi connectivity index (χ3n) is 9.60. The maximum atomic E-state index is 13.8. The first-order valence-corrected chi connectivity index (χ1v) is 14.9. The van der Waals surface area contributed by atoms with Crippen LogP contribution in [-0.4, -0.2) is 27.7 Å². The van der Waals surface area contributed by atoms with Gasteiger partial charge >= 0.3 is 5.97 Å². The quantitative estimate of drug-likeness (QED) is 0.373. The number of amides is 1. The molecule has 6 heteroatoms. The highest BCUT2D eigenvalue weighted by atomic mass is 16.5. The molecule has 4 unspecified atom stereocenters. The molecule has 4 aliphatic carbocycles. The van der Waals surface area contributed by atoms with E-state index in [1.54, 1.807) is 0 Å².